The number of hydrogen-bond donors (Lipinski definition) is 3. The van der Waals surface area contributed by atoms with Crippen molar-refractivity contribution < 1.29 is 9.84 Å². The zero-order valence-electron chi connectivity index (χ0n) is 20.7. The summed E-state index contributed by atoms with van der Waals surface area (Å²) in [5, 5.41) is 14.6. The fourth-order valence-electron chi connectivity index (χ4n) is 4.64. The fourth-order valence-corrected chi connectivity index (χ4v) is 4.83. The van der Waals surface area contributed by atoms with E-state index in [2.05, 4.69) is 64.4 Å². The summed E-state index contributed by atoms with van der Waals surface area (Å²) in [6, 6.07) is 12.4. The van der Waals surface area contributed by atoms with Crippen molar-refractivity contribution in [2.75, 3.05) is 31.6 Å². The van der Waals surface area contributed by atoms with Crippen LogP contribution in [0.4, 0.5) is 11.6 Å². The van der Waals surface area contributed by atoms with Crippen molar-refractivity contribution in [3.05, 3.63) is 64.9 Å². The maximum atomic E-state index is 9.70. The molecule has 7 nitrogen and oxygen atoms in total. The Hall–Kier alpha value is -3.13. The van der Waals surface area contributed by atoms with Crippen LogP contribution < -0.4 is 10.1 Å². The number of aliphatic hydroxyl groups excluding tert-OH is 1. The second-order valence-electron chi connectivity index (χ2n) is 9.41. The van der Waals surface area contributed by atoms with E-state index in [0.29, 0.717) is 23.3 Å². The first-order chi connectivity index (χ1) is 17.5. The highest BCUT2D eigenvalue weighted by molar-refractivity contribution is 6.33. The van der Waals surface area contributed by atoms with Gasteiger partial charge in [0, 0.05) is 54.1 Å². The van der Waals surface area contributed by atoms with Crippen molar-refractivity contribution in [1.29, 1.82) is 0 Å². The number of nitrogens with zero attached hydrogens (tertiary/aromatic N) is 3. The summed E-state index contributed by atoms with van der Waals surface area (Å²) in [6.07, 6.45) is 5.97. The van der Waals surface area contributed by atoms with Crippen molar-refractivity contribution in [2.45, 2.75) is 39.2 Å². The number of piperidine rings is 1. The average Bonchev–Trinajstić information content (AvgIpc) is 3.29. The summed E-state index contributed by atoms with van der Waals surface area (Å²) >= 11 is 6.52. The minimum absolute atomic E-state index is 0.159. The van der Waals surface area contributed by atoms with Gasteiger partial charge in [0.1, 0.15) is 12.4 Å². The molecule has 188 valence electrons. The van der Waals surface area contributed by atoms with Gasteiger partial charge >= 0.3 is 0 Å². The zero-order valence-corrected chi connectivity index (χ0v) is 21.5. The number of aromatic amines is 1. The molecule has 5 rings (SSSR count). The Morgan fingerprint density at radius 1 is 1.19 bits per heavy atom. The number of rotatable bonds is 8. The Bertz CT molecular complexity index is 1350. The number of aromatic nitrogens is 3. The number of halogens is 1. The molecule has 1 aliphatic heterocycles. The molecule has 3 N–H and O–H groups in total. The summed E-state index contributed by atoms with van der Waals surface area (Å²) in [4.78, 5) is 14.8. The van der Waals surface area contributed by atoms with Crippen LogP contribution in [0.3, 0.4) is 0 Å². The molecule has 0 saturated carbocycles. The van der Waals surface area contributed by atoms with Gasteiger partial charge in [0.2, 0.25) is 5.95 Å². The number of nitrogens with one attached hydrogen (secondary N) is 2. The summed E-state index contributed by atoms with van der Waals surface area (Å²) in [7, 11) is 0. The SMILES string of the molecule is CCc1cc(Nc2ncc(Cl)c(-c3c[nH]c4cc(C)ccc34)n2)cc(OCCN2CCC(O)CC2)c1. The van der Waals surface area contributed by atoms with E-state index in [1.165, 1.54) is 5.56 Å². The van der Waals surface area contributed by atoms with Crippen molar-refractivity contribution in [1.82, 2.24) is 19.9 Å². The Kier molecular flexibility index (Phi) is 7.41. The van der Waals surface area contributed by atoms with Crippen molar-refractivity contribution in [3.63, 3.8) is 0 Å². The molecular formula is C28H32ClN5O2. The van der Waals surface area contributed by atoms with Crippen LogP contribution in [0.2, 0.25) is 5.02 Å². The van der Waals surface area contributed by atoms with Gasteiger partial charge in [-0.3, -0.25) is 4.90 Å². The maximum absolute atomic E-state index is 9.70. The van der Waals surface area contributed by atoms with Gasteiger partial charge in [0.15, 0.2) is 0 Å². The van der Waals surface area contributed by atoms with Crippen LogP contribution in [0.1, 0.15) is 30.9 Å². The van der Waals surface area contributed by atoms with E-state index in [4.69, 9.17) is 21.3 Å². The predicted octanol–water partition coefficient (Wildman–Crippen LogP) is 5.73. The highest BCUT2D eigenvalue weighted by atomic mass is 35.5. The van der Waals surface area contributed by atoms with Crippen molar-refractivity contribution >= 4 is 34.1 Å². The molecule has 0 unspecified atom stereocenters. The molecular weight excluding hydrogens is 474 g/mol. The summed E-state index contributed by atoms with van der Waals surface area (Å²) < 4.78 is 6.11. The molecule has 4 aromatic rings. The Labute approximate surface area is 216 Å². The smallest absolute Gasteiger partial charge is 0.227 e. The molecule has 0 atom stereocenters. The average molecular weight is 506 g/mol. The van der Waals surface area contributed by atoms with Crippen LogP contribution >= 0.6 is 11.6 Å². The quantitative estimate of drug-likeness (QED) is 0.283. The number of ether oxygens (including phenoxy) is 1. The lowest BCUT2D eigenvalue weighted by Gasteiger charge is -2.29. The van der Waals surface area contributed by atoms with E-state index < -0.39 is 0 Å². The zero-order chi connectivity index (χ0) is 25.1. The lowest BCUT2D eigenvalue weighted by molar-refractivity contribution is 0.0755. The number of anilines is 2. The van der Waals surface area contributed by atoms with Crippen LogP contribution in [-0.2, 0) is 6.42 Å². The second kappa shape index (κ2) is 10.9. The number of likely N-dealkylation sites (tertiary alicyclic amines) is 1. The van der Waals surface area contributed by atoms with Crippen LogP contribution in [0, 0.1) is 6.92 Å². The highest BCUT2D eigenvalue weighted by Crippen LogP contribution is 2.33. The topological polar surface area (TPSA) is 86.3 Å². The lowest BCUT2D eigenvalue weighted by Crippen LogP contribution is -2.38. The third-order valence-corrected chi connectivity index (χ3v) is 6.98. The second-order valence-corrected chi connectivity index (χ2v) is 9.81. The Morgan fingerprint density at radius 2 is 2.03 bits per heavy atom. The van der Waals surface area contributed by atoms with Gasteiger partial charge in [-0.2, -0.15) is 0 Å². The minimum atomic E-state index is -0.159. The molecule has 1 aliphatic rings. The summed E-state index contributed by atoms with van der Waals surface area (Å²) in [5.41, 5.74) is 5.89. The Morgan fingerprint density at radius 3 is 2.83 bits per heavy atom. The van der Waals surface area contributed by atoms with Crippen LogP contribution in [0.15, 0.2) is 48.8 Å². The first kappa shape index (κ1) is 24.6. The molecule has 8 heteroatoms. The number of benzene rings is 2. The standard InChI is InChI=1S/C28H32ClN5O2/c1-3-19-13-20(15-22(14-19)36-11-10-34-8-6-21(35)7-9-34)32-28-31-17-25(29)27(33-28)24-16-30-26-12-18(2)4-5-23(24)26/h4-5,12-17,21,30,35H,3,6-11H2,1-2H3,(H,31,32,33). The molecule has 0 amide bonds. The molecule has 1 saturated heterocycles. The van der Waals surface area contributed by atoms with Gasteiger partial charge in [0.05, 0.1) is 23.0 Å². The van der Waals surface area contributed by atoms with Gasteiger partial charge in [-0.1, -0.05) is 30.7 Å². The van der Waals surface area contributed by atoms with E-state index in [0.717, 1.165) is 72.4 Å². The molecule has 1 fully saturated rings. The van der Waals surface area contributed by atoms with Gasteiger partial charge in [-0.25, -0.2) is 9.97 Å². The molecule has 0 spiro atoms. The number of aliphatic hydroxyl groups is 1. The maximum Gasteiger partial charge on any atom is 0.227 e. The fraction of sp³-hybridized carbons (Fsp3) is 0.357. The molecule has 0 aliphatic carbocycles. The largest absolute Gasteiger partial charge is 0.492 e. The lowest BCUT2D eigenvalue weighted by atomic mass is 10.1. The van der Waals surface area contributed by atoms with Gasteiger partial charge in [-0.15, -0.1) is 0 Å². The Balaban J connectivity index is 1.32. The number of hydrogen-bond acceptors (Lipinski definition) is 6. The normalized spacial score (nSPS) is 14.9. The summed E-state index contributed by atoms with van der Waals surface area (Å²) in [5.74, 6) is 1.29. The van der Waals surface area contributed by atoms with E-state index in [1.54, 1.807) is 6.20 Å². The first-order valence-electron chi connectivity index (χ1n) is 12.5. The van der Waals surface area contributed by atoms with E-state index in [1.807, 2.05) is 12.3 Å². The summed E-state index contributed by atoms with van der Waals surface area (Å²) in [6.45, 7) is 7.47. The highest BCUT2D eigenvalue weighted by Gasteiger charge is 2.17. The molecule has 0 radical (unpaired) electrons. The number of fused-ring (bicyclic) bond motifs is 1. The van der Waals surface area contributed by atoms with E-state index in [9.17, 15) is 5.11 Å². The minimum Gasteiger partial charge on any atom is -0.492 e. The van der Waals surface area contributed by atoms with Crippen molar-refractivity contribution in [2.24, 2.45) is 0 Å². The monoisotopic (exact) mass is 505 g/mol. The third kappa shape index (κ3) is 5.64. The first-order valence-corrected chi connectivity index (χ1v) is 12.9. The number of aryl methyl sites for hydroxylation is 2. The van der Waals surface area contributed by atoms with E-state index >= 15 is 0 Å². The van der Waals surface area contributed by atoms with Gasteiger partial charge in [-0.05, 0) is 55.5 Å². The molecule has 3 heterocycles. The van der Waals surface area contributed by atoms with Crippen LogP contribution in [-0.4, -0.2) is 57.3 Å². The third-order valence-electron chi connectivity index (χ3n) is 6.70. The molecule has 36 heavy (non-hydrogen) atoms. The predicted molar refractivity (Wildman–Crippen MR) is 145 cm³/mol. The van der Waals surface area contributed by atoms with E-state index in [-0.39, 0.29) is 6.10 Å². The molecule has 2 aromatic carbocycles. The van der Waals surface area contributed by atoms with Crippen LogP contribution in [0.25, 0.3) is 22.2 Å². The van der Waals surface area contributed by atoms with Crippen LogP contribution in [0.5, 0.6) is 5.75 Å². The van der Waals surface area contributed by atoms with Gasteiger partial charge in [0.25, 0.3) is 0 Å². The number of H-pyrrole nitrogens is 1. The molecule has 2 aromatic heterocycles. The van der Waals surface area contributed by atoms with Gasteiger partial charge < -0.3 is 20.1 Å². The molecule has 0 bridgehead atoms. The van der Waals surface area contributed by atoms with Crippen molar-refractivity contribution in [3.8, 4) is 17.0 Å².